The minimum atomic E-state index is -0.227. The van der Waals surface area contributed by atoms with Crippen molar-refractivity contribution >= 4 is 17.3 Å². The molecule has 0 heterocycles. The molecule has 3 heteroatoms. The number of hydrogen-bond acceptors (Lipinski definition) is 1. The molecular formula is C14H21ClFN. The lowest BCUT2D eigenvalue weighted by Gasteiger charge is -2.30. The summed E-state index contributed by atoms with van der Waals surface area (Å²) < 4.78 is 13.1. The van der Waals surface area contributed by atoms with Crippen molar-refractivity contribution < 1.29 is 4.39 Å². The highest BCUT2D eigenvalue weighted by molar-refractivity contribution is 6.17. The largest absolute Gasteiger partial charge is 0.372 e. The summed E-state index contributed by atoms with van der Waals surface area (Å²) in [5.41, 5.74) is 1.87. The van der Waals surface area contributed by atoms with Crippen LogP contribution in [0.1, 0.15) is 32.8 Å². The van der Waals surface area contributed by atoms with E-state index in [0.29, 0.717) is 17.8 Å². The Hall–Kier alpha value is -0.760. The molecule has 0 aromatic heterocycles. The quantitative estimate of drug-likeness (QED) is 0.705. The molecule has 0 fully saturated rings. The molecule has 0 bridgehead atoms. The van der Waals surface area contributed by atoms with Crippen molar-refractivity contribution in [3.8, 4) is 0 Å². The van der Waals surface area contributed by atoms with E-state index in [1.807, 2.05) is 13.1 Å². The third-order valence-corrected chi connectivity index (χ3v) is 3.33. The highest BCUT2D eigenvalue weighted by Crippen LogP contribution is 2.25. The molecule has 1 nitrogen and oxygen atoms in total. The fourth-order valence-electron chi connectivity index (χ4n) is 2.08. The number of anilines is 1. The van der Waals surface area contributed by atoms with Gasteiger partial charge >= 0.3 is 0 Å². The summed E-state index contributed by atoms with van der Waals surface area (Å²) in [6.07, 6.45) is 1.11. The first-order chi connectivity index (χ1) is 7.95. The number of alkyl halides is 1. The van der Waals surface area contributed by atoms with Crippen LogP contribution in [0.5, 0.6) is 0 Å². The predicted molar refractivity (Wildman–Crippen MR) is 73.3 cm³/mol. The Balaban J connectivity index is 2.91. The molecule has 0 aliphatic rings. The van der Waals surface area contributed by atoms with Crippen LogP contribution < -0.4 is 4.90 Å². The van der Waals surface area contributed by atoms with Gasteiger partial charge in [0.05, 0.1) is 0 Å². The van der Waals surface area contributed by atoms with Crippen molar-refractivity contribution in [3.05, 3.63) is 29.6 Å². The van der Waals surface area contributed by atoms with E-state index in [9.17, 15) is 4.39 Å². The first-order valence-electron chi connectivity index (χ1n) is 6.03. The van der Waals surface area contributed by atoms with E-state index in [-0.39, 0.29) is 5.82 Å². The minimum absolute atomic E-state index is 0.227. The molecule has 0 radical (unpaired) electrons. The molecule has 1 rings (SSSR count). The molecule has 0 N–H and O–H groups in total. The zero-order valence-electron chi connectivity index (χ0n) is 11.0. The zero-order chi connectivity index (χ0) is 13.0. The smallest absolute Gasteiger partial charge is 0.123 e. The van der Waals surface area contributed by atoms with Crippen molar-refractivity contribution in [1.82, 2.24) is 0 Å². The summed E-state index contributed by atoms with van der Waals surface area (Å²) in [6, 6.07) is 5.23. The molecule has 96 valence electrons. The van der Waals surface area contributed by atoms with Gasteiger partial charge in [0.25, 0.3) is 0 Å². The van der Waals surface area contributed by atoms with E-state index >= 15 is 0 Å². The highest BCUT2D eigenvalue weighted by Gasteiger charge is 2.14. The molecule has 0 spiro atoms. The van der Waals surface area contributed by atoms with E-state index in [1.54, 1.807) is 0 Å². The van der Waals surface area contributed by atoms with Crippen molar-refractivity contribution in [2.24, 2.45) is 5.92 Å². The molecule has 17 heavy (non-hydrogen) atoms. The topological polar surface area (TPSA) is 3.24 Å². The Labute approximate surface area is 109 Å². The van der Waals surface area contributed by atoms with Gasteiger partial charge in [-0.3, -0.25) is 0 Å². The van der Waals surface area contributed by atoms with E-state index < -0.39 is 0 Å². The van der Waals surface area contributed by atoms with Gasteiger partial charge in [0.2, 0.25) is 0 Å². The van der Waals surface area contributed by atoms with Gasteiger partial charge in [-0.2, -0.15) is 0 Å². The van der Waals surface area contributed by atoms with Crippen LogP contribution in [0.2, 0.25) is 0 Å². The molecule has 1 aromatic rings. The standard InChI is InChI=1S/C14H21ClFN/c1-10(2)7-11(3)17(4)14-6-5-13(16)8-12(14)9-15/h5-6,8,10-11H,7,9H2,1-4H3. The SMILES string of the molecule is CC(C)CC(C)N(C)c1ccc(F)cc1CCl. The number of benzene rings is 1. The average Bonchev–Trinajstić information content (AvgIpc) is 2.27. The van der Waals surface area contributed by atoms with Crippen LogP contribution in [0.25, 0.3) is 0 Å². The van der Waals surface area contributed by atoms with E-state index in [1.165, 1.54) is 12.1 Å². The normalized spacial score (nSPS) is 12.9. The summed E-state index contributed by atoms with van der Waals surface area (Å²) in [7, 11) is 2.04. The average molecular weight is 258 g/mol. The van der Waals surface area contributed by atoms with Crippen LogP contribution in [0, 0.1) is 11.7 Å². The summed E-state index contributed by atoms with van der Waals surface area (Å²) in [5.74, 6) is 0.757. The van der Waals surface area contributed by atoms with Crippen molar-refractivity contribution in [2.45, 2.75) is 39.1 Å². The van der Waals surface area contributed by atoms with Crippen molar-refractivity contribution in [3.63, 3.8) is 0 Å². The van der Waals surface area contributed by atoms with Gasteiger partial charge in [0.1, 0.15) is 5.82 Å². The maximum atomic E-state index is 13.1. The Morgan fingerprint density at radius 3 is 2.47 bits per heavy atom. The second-order valence-electron chi connectivity index (χ2n) is 5.00. The first-order valence-corrected chi connectivity index (χ1v) is 6.56. The second kappa shape index (κ2) is 6.25. The van der Waals surface area contributed by atoms with Crippen LogP contribution in [0.3, 0.4) is 0 Å². The number of rotatable bonds is 5. The Morgan fingerprint density at radius 2 is 1.94 bits per heavy atom. The molecule has 1 atom stereocenters. The van der Waals surface area contributed by atoms with E-state index in [0.717, 1.165) is 17.7 Å². The van der Waals surface area contributed by atoms with E-state index in [2.05, 4.69) is 25.7 Å². The fraction of sp³-hybridized carbons (Fsp3) is 0.571. The number of halogens is 2. The molecule has 0 aliphatic heterocycles. The number of hydrogen-bond donors (Lipinski definition) is 0. The molecule has 0 saturated carbocycles. The van der Waals surface area contributed by atoms with Gasteiger partial charge in [-0.05, 0) is 43.0 Å². The number of nitrogens with zero attached hydrogens (tertiary/aromatic N) is 1. The Morgan fingerprint density at radius 1 is 1.29 bits per heavy atom. The summed E-state index contributed by atoms with van der Waals surface area (Å²) in [5, 5.41) is 0. The van der Waals surface area contributed by atoms with Crippen LogP contribution in [0.4, 0.5) is 10.1 Å². The van der Waals surface area contributed by atoms with Crippen LogP contribution in [0.15, 0.2) is 18.2 Å². The first kappa shape index (κ1) is 14.3. The van der Waals surface area contributed by atoms with Gasteiger partial charge in [0.15, 0.2) is 0 Å². The summed E-state index contributed by atoms with van der Waals surface area (Å²) >= 11 is 5.87. The van der Waals surface area contributed by atoms with Gasteiger partial charge in [-0.1, -0.05) is 13.8 Å². The zero-order valence-corrected chi connectivity index (χ0v) is 11.8. The van der Waals surface area contributed by atoms with Gasteiger partial charge in [-0.15, -0.1) is 11.6 Å². The lowest BCUT2D eigenvalue weighted by atomic mass is 10.0. The van der Waals surface area contributed by atoms with Gasteiger partial charge in [0, 0.05) is 24.7 Å². The molecule has 1 unspecified atom stereocenters. The lowest BCUT2D eigenvalue weighted by molar-refractivity contribution is 0.503. The fourth-order valence-corrected chi connectivity index (χ4v) is 2.30. The molecule has 1 aromatic carbocycles. The maximum Gasteiger partial charge on any atom is 0.123 e. The van der Waals surface area contributed by atoms with Gasteiger partial charge in [-0.25, -0.2) is 4.39 Å². The summed E-state index contributed by atoms with van der Waals surface area (Å²) in [6.45, 7) is 6.59. The van der Waals surface area contributed by atoms with Crippen LogP contribution in [-0.2, 0) is 5.88 Å². The van der Waals surface area contributed by atoms with Crippen molar-refractivity contribution in [1.29, 1.82) is 0 Å². The van der Waals surface area contributed by atoms with E-state index in [4.69, 9.17) is 11.6 Å². The Kier molecular flexibility index (Phi) is 5.26. The predicted octanol–water partition coefficient (Wildman–Crippen LogP) is 4.44. The molecular weight excluding hydrogens is 237 g/mol. The third kappa shape index (κ3) is 3.88. The lowest BCUT2D eigenvalue weighted by Crippen LogP contribution is -2.30. The van der Waals surface area contributed by atoms with Crippen LogP contribution >= 0.6 is 11.6 Å². The molecule has 0 aliphatic carbocycles. The third-order valence-electron chi connectivity index (χ3n) is 3.04. The minimum Gasteiger partial charge on any atom is -0.372 e. The second-order valence-corrected chi connectivity index (χ2v) is 5.26. The molecule has 0 saturated heterocycles. The highest BCUT2D eigenvalue weighted by atomic mass is 35.5. The maximum absolute atomic E-state index is 13.1. The Bertz CT molecular complexity index is 365. The monoisotopic (exact) mass is 257 g/mol. The van der Waals surface area contributed by atoms with Crippen molar-refractivity contribution in [2.75, 3.05) is 11.9 Å². The molecule has 0 amide bonds. The van der Waals surface area contributed by atoms with Gasteiger partial charge < -0.3 is 4.90 Å². The van der Waals surface area contributed by atoms with Crippen LogP contribution in [-0.4, -0.2) is 13.1 Å². The summed E-state index contributed by atoms with van der Waals surface area (Å²) in [4.78, 5) is 2.18.